The van der Waals surface area contributed by atoms with Gasteiger partial charge in [-0.15, -0.1) is 0 Å². The van der Waals surface area contributed by atoms with E-state index < -0.39 is 34.4 Å². The molecular weight excluding hydrogens is 440 g/mol. The van der Waals surface area contributed by atoms with Crippen LogP contribution in [0.15, 0.2) is 36.4 Å². The lowest BCUT2D eigenvalue weighted by molar-refractivity contribution is -0.122. The van der Waals surface area contributed by atoms with E-state index in [-0.39, 0.29) is 11.5 Å². The van der Waals surface area contributed by atoms with E-state index in [9.17, 15) is 18.0 Å². The number of esters is 1. The quantitative estimate of drug-likeness (QED) is 0.594. The van der Waals surface area contributed by atoms with E-state index in [0.717, 1.165) is 24.2 Å². The minimum Gasteiger partial charge on any atom is -0.452 e. The number of rotatable bonds is 6. The zero-order valence-corrected chi connectivity index (χ0v) is 20.1. The predicted octanol–water partition coefficient (Wildman–Crippen LogP) is 3.99. The maximum atomic E-state index is 13.1. The summed E-state index contributed by atoms with van der Waals surface area (Å²) in [5.41, 5.74) is 3.00. The van der Waals surface area contributed by atoms with Crippen LogP contribution in [0.2, 0.25) is 0 Å². The Bertz CT molecular complexity index is 1120. The van der Waals surface area contributed by atoms with Gasteiger partial charge in [0.25, 0.3) is 5.91 Å². The number of sulfone groups is 1. The molecule has 178 valence electrons. The molecule has 1 atom stereocenters. The van der Waals surface area contributed by atoms with Gasteiger partial charge in [0.05, 0.1) is 23.1 Å². The summed E-state index contributed by atoms with van der Waals surface area (Å²) in [6.45, 7) is 3.50. The van der Waals surface area contributed by atoms with Gasteiger partial charge in [0, 0.05) is 23.1 Å². The summed E-state index contributed by atoms with van der Waals surface area (Å²) in [5.74, 6) is -0.964. The summed E-state index contributed by atoms with van der Waals surface area (Å²) < 4.78 is 31.7. The number of amides is 1. The maximum Gasteiger partial charge on any atom is 0.340 e. The first-order valence-electron chi connectivity index (χ1n) is 11.7. The van der Waals surface area contributed by atoms with Crippen LogP contribution < -0.4 is 4.90 Å². The average molecular weight is 473 g/mol. The van der Waals surface area contributed by atoms with Crippen LogP contribution in [-0.4, -0.2) is 49.0 Å². The van der Waals surface area contributed by atoms with E-state index >= 15 is 0 Å². The Morgan fingerprint density at radius 1 is 1.06 bits per heavy atom. The van der Waals surface area contributed by atoms with Gasteiger partial charge in [0.2, 0.25) is 0 Å². The van der Waals surface area contributed by atoms with E-state index in [2.05, 4.69) is 4.57 Å². The number of aromatic nitrogens is 1. The van der Waals surface area contributed by atoms with Gasteiger partial charge >= 0.3 is 5.97 Å². The van der Waals surface area contributed by atoms with Crippen LogP contribution in [0.3, 0.4) is 0 Å². The molecule has 1 saturated heterocycles. The molecule has 0 radical (unpaired) electrons. The third kappa shape index (κ3) is 5.16. The highest BCUT2D eigenvalue weighted by Crippen LogP contribution is 2.32. The molecule has 0 bridgehead atoms. The molecule has 1 saturated carbocycles. The SMILES string of the molecule is Cc1cc(C(=O)OCC(=O)N(c2ccccc2)[C@H]2CCS(=O)(=O)C2)c(C)n1C1CCCCC1. The highest BCUT2D eigenvalue weighted by molar-refractivity contribution is 7.91. The number of aryl methyl sites for hydroxylation is 1. The third-order valence-electron chi connectivity index (χ3n) is 6.85. The zero-order valence-electron chi connectivity index (χ0n) is 19.3. The smallest absolute Gasteiger partial charge is 0.340 e. The van der Waals surface area contributed by atoms with Crippen LogP contribution >= 0.6 is 0 Å². The molecule has 8 heteroatoms. The summed E-state index contributed by atoms with van der Waals surface area (Å²) in [7, 11) is -3.18. The first-order valence-corrected chi connectivity index (χ1v) is 13.5. The molecule has 0 N–H and O–H groups in total. The van der Waals surface area contributed by atoms with Gasteiger partial charge in [-0.05, 0) is 51.3 Å². The molecule has 4 rings (SSSR count). The number of carbonyl (C=O) groups is 2. The topological polar surface area (TPSA) is 85.7 Å². The molecule has 1 aliphatic heterocycles. The lowest BCUT2D eigenvalue weighted by Gasteiger charge is -2.28. The van der Waals surface area contributed by atoms with Gasteiger partial charge in [-0.1, -0.05) is 37.5 Å². The van der Waals surface area contributed by atoms with Crippen molar-refractivity contribution >= 4 is 27.4 Å². The Kier molecular flexibility index (Phi) is 6.93. The lowest BCUT2D eigenvalue weighted by atomic mass is 9.95. The second-order valence-electron chi connectivity index (χ2n) is 9.18. The first kappa shape index (κ1) is 23.5. The summed E-state index contributed by atoms with van der Waals surface area (Å²) in [6.07, 6.45) is 6.25. The fourth-order valence-corrected chi connectivity index (χ4v) is 6.99. The fraction of sp³-hybridized carbons (Fsp3) is 0.520. The molecule has 33 heavy (non-hydrogen) atoms. The first-order chi connectivity index (χ1) is 15.8. The minimum absolute atomic E-state index is 0.0568. The second-order valence-corrected chi connectivity index (χ2v) is 11.4. The zero-order chi connectivity index (χ0) is 23.6. The van der Waals surface area contributed by atoms with Crippen LogP contribution in [0.25, 0.3) is 0 Å². The summed E-state index contributed by atoms with van der Waals surface area (Å²) in [4.78, 5) is 27.5. The molecule has 1 aliphatic carbocycles. The Morgan fingerprint density at radius 2 is 1.76 bits per heavy atom. The largest absolute Gasteiger partial charge is 0.452 e. The maximum absolute atomic E-state index is 13.1. The lowest BCUT2D eigenvalue weighted by Crippen LogP contribution is -2.43. The fourth-order valence-electron chi connectivity index (χ4n) is 5.29. The van der Waals surface area contributed by atoms with Crippen molar-refractivity contribution < 1.29 is 22.7 Å². The molecule has 7 nitrogen and oxygen atoms in total. The summed E-state index contributed by atoms with van der Waals surface area (Å²) >= 11 is 0. The monoisotopic (exact) mass is 472 g/mol. The minimum atomic E-state index is -3.18. The number of hydrogen-bond acceptors (Lipinski definition) is 5. The van der Waals surface area contributed by atoms with Crippen molar-refractivity contribution in [3.8, 4) is 0 Å². The number of para-hydroxylation sites is 1. The summed E-state index contributed by atoms with van der Waals surface area (Å²) in [6, 6.07) is 10.7. The standard InChI is InChI=1S/C25H32N2O5S/c1-18-15-23(19(2)26(18)20-9-5-3-6-10-20)25(29)32-16-24(28)27(21-11-7-4-8-12-21)22-13-14-33(30,31)17-22/h4,7-8,11-12,15,20,22H,3,5-6,9-10,13-14,16-17H2,1-2H3/t22-/m0/s1. The Hall–Kier alpha value is -2.61. The molecule has 0 unspecified atom stereocenters. The molecule has 0 spiro atoms. The Balaban J connectivity index is 1.48. The highest BCUT2D eigenvalue weighted by atomic mass is 32.2. The van der Waals surface area contributed by atoms with Gasteiger partial charge in [-0.25, -0.2) is 13.2 Å². The van der Waals surface area contributed by atoms with Crippen molar-refractivity contribution in [2.75, 3.05) is 23.0 Å². The van der Waals surface area contributed by atoms with Crippen molar-refractivity contribution in [1.29, 1.82) is 0 Å². The number of benzene rings is 1. The van der Waals surface area contributed by atoms with Gasteiger partial charge in [0.1, 0.15) is 0 Å². The van der Waals surface area contributed by atoms with Crippen molar-refractivity contribution in [3.63, 3.8) is 0 Å². The molecule has 2 aliphatic rings. The second kappa shape index (κ2) is 9.71. The number of anilines is 1. The van der Waals surface area contributed by atoms with Gasteiger partial charge in [-0.3, -0.25) is 4.79 Å². The third-order valence-corrected chi connectivity index (χ3v) is 8.60. The highest BCUT2D eigenvalue weighted by Gasteiger charge is 2.36. The number of ether oxygens (including phenoxy) is 1. The van der Waals surface area contributed by atoms with E-state index in [0.29, 0.717) is 23.7 Å². The molecule has 2 heterocycles. The van der Waals surface area contributed by atoms with Crippen molar-refractivity contribution in [2.45, 2.75) is 64.5 Å². The predicted molar refractivity (Wildman–Crippen MR) is 127 cm³/mol. The van der Waals surface area contributed by atoms with Gasteiger partial charge in [0.15, 0.2) is 16.4 Å². The van der Waals surface area contributed by atoms with E-state index in [1.807, 2.05) is 26.0 Å². The Morgan fingerprint density at radius 3 is 2.39 bits per heavy atom. The molecule has 1 aromatic heterocycles. The number of carbonyl (C=O) groups excluding carboxylic acids is 2. The van der Waals surface area contributed by atoms with Crippen molar-refractivity contribution in [3.05, 3.63) is 53.3 Å². The van der Waals surface area contributed by atoms with E-state index in [4.69, 9.17) is 4.74 Å². The van der Waals surface area contributed by atoms with Crippen LogP contribution in [0.5, 0.6) is 0 Å². The number of hydrogen-bond donors (Lipinski definition) is 0. The van der Waals surface area contributed by atoms with Crippen LogP contribution in [0.4, 0.5) is 5.69 Å². The van der Waals surface area contributed by atoms with Crippen LogP contribution in [-0.2, 0) is 19.4 Å². The molecule has 2 aromatic rings. The van der Waals surface area contributed by atoms with E-state index in [1.165, 1.54) is 24.2 Å². The normalized spacial score (nSPS) is 20.5. The van der Waals surface area contributed by atoms with Crippen molar-refractivity contribution in [2.24, 2.45) is 0 Å². The molecule has 1 amide bonds. The van der Waals surface area contributed by atoms with Crippen molar-refractivity contribution in [1.82, 2.24) is 4.57 Å². The summed E-state index contributed by atoms with van der Waals surface area (Å²) in [5, 5.41) is 0. The van der Waals surface area contributed by atoms with E-state index in [1.54, 1.807) is 24.3 Å². The average Bonchev–Trinajstić information content (AvgIpc) is 3.31. The van der Waals surface area contributed by atoms with Crippen LogP contribution in [0, 0.1) is 13.8 Å². The number of nitrogens with zero attached hydrogens (tertiary/aromatic N) is 2. The van der Waals surface area contributed by atoms with Gasteiger partial charge < -0.3 is 14.2 Å². The molecular formula is C25H32N2O5S. The molecule has 1 aromatic carbocycles. The Labute approximate surface area is 195 Å². The van der Waals surface area contributed by atoms with Gasteiger partial charge in [-0.2, -0.15) is 0 Å². The van der Waals surface area contributed by atoms with Crippen LogP contribution in [0.1, 0.15) is 66.3 Å². The molecule has 2 fully saturated rings.